The topological polar surface area (TPSA) is 40.5 Å². The third-order valence-electron chi connectivity index (χ3n) is 10.4. The first-order valence-electron chi connectivity index (χ1n) is 12.7. The maximum absolute atomic E-state index is 11.2. The molecule has 0 amide bonds. The van der Waals surface area contributed by atoms with Gasteiger partial charge in [0.2, 0.25) is 0 Å². The highest BCUT2D eigenvalue weighted by Gasteiger charge is 2.62. The molecule has 0 spiro atoms. The van der Waals surface area contributed by atoms with Crippen molar-refractivity contribution in [3.8, 4) is 0 Å². The normalized spacial score (nSPS) is 50.2. The van der Waals surface area contributed by atoms with E-state index in [1.54, 1.807) is 5.57 Å². The minimum atomic E-state index is -0.208. The number of fused-ring (bicyclic) bond motifs is 5. The average Bonchev–Trinajstić information content (AvgIpc) is 3.00. The lowest BCUT2D eigenvalue weighted by molar-refractivity contribution is -0.169. The molecule has 0 aromatic carbocycles. The van der Waals surface area contributed by atoms with Crippen LogP contribution in [0.15, 0.2) is 11.6 Å². The molecule has 166 valence electrons. The van der Waals surface area contributed by atoms with Crippen molar-refractivity contribution in [3.05, 3.63) is 11.6 Å². The first-order chi connectivity index (χ1) is 13.7. The van der Waals surface area contributed by atoms with Gasteiger partial charge in [0.15, 0.2) is 0 Å². The summed E-state index contributed by atoms with van der Waals surface area (Å²) >= 11 is 0. The second-order valence-corrected chi connectivity index (χ2v) is 12.3. The SMILES string of the molecule is C/C(=C/CCC(C)C)[C@H]1CC[C@H]2[C@@H]3C[C@H](O)[C@H]4C[C@@H](O)CC[C@]4(C)[C@H]3CC[C@]12C. The maximum Gasteiger partial charge on any atom is 0.0577 e. The molecule has 2 nitrogen and oxygen atoms in total. The van der Waals surface area contributed by atoms with Gasteiger partial charge in [-0.2, -0.15) is 0 Å². The molecule has 29 heavy (non-hydrogen) atoms. The summed E-state index contributed by atoms with van der Waals surface area (Å²) in [7, 11) is 0. The van der Waals surface area contributed by atoms with Gasteiger partial charge >= 0.3 is 0 Å². The summed E-state index contributed by atoms with van der Waals surface area (Å²) in [5.74, 6) is 4.06. The Hall–Kier alpha value is -0.340. The highest BCUT2D eigenvalue weighted by atomic mass is 16.3. The van der Waals surface area contributed by atoms with Crippen LogP contribution >= 0.6 is 0 Å². The Labute approximate surface area is 179 Å². The highest BCUT2D eigenvalue weighted by molar-refractivity contribution is 5.17. The molecular weight excluding hydrogens is 356 g/mol. The second kappa shape index (κ2) is 7.97. The second-order valence-electron chi connectivity index (χ2n) is 12.3. The monoisotopic (exact) mass is 402 g/mol. The number of aliphatic hydroxyl groups excluding tert-OH is 2. The predicted octanol–water partition coefficient (Wildman–Crippen LogP) is 6.36. The molecular formula is C27H46O2. The summed E-state index contributed by atoms with van der Waals surface area (Å²) in [6.07, 6.45) is 13.9. The van der Waals surface area contributed by atoms with Gasteiger partial charge in [-0.3, -0.25) is 0 Å². The Morgan fingerprint density at radius 2 is 1.62 bits per heavy atom. The molecule has 2 heteroatoms. The van der Waals surface area contributed by atoms with E-state index in [-0.39, 0.29) is 17.6 Å². The lowest BCUT2D eigenvalue weighted by Crippen LogP contribution is -2.58. The van der Waals surface area contributed by atoms with Crippen LogP contribution in [-0.2, 0) is 0 Å². The minimum Gasteiger partial charge on any atom is -0.393 e. The molecule has 0 saturated heterocycles. The van der Waals surface area contributed by atoms with Gasteiger partial charge < -0.3 is 10.2 Å². The predicted molar refractivity (Wildman–Crippen MR) is 120 cm³/mol. The van der Waals surface area contributed by atoms with Crippen LogP contribution < -0.4 is 0 Å². The highest BCUT2D eigenvalue weighted by Crippen LogP contribution is 2.68. The third-order valence-corrected chi connectivity index (χ3v) is 10.4. The van der Waals surface area contributed by atoms with E-state index >= 15 is 0 Å². The van der Waals surface area contributed by atoms with Crippen molar-refractivity contribution in [3.63, 3.8) is 0 Å². The van der Waals surface area contributed by atoms with Gasteiger partial charge in [0.05, 0.1) is 12.2 Å². The molecule has 0 bridgehead atoms. The van der Waals surface area contributed by atoms with Crippen LogP contribution in [0, 0.1) is 46.3 Å². The van der Waals surface area contributed by atoms with Gasteiger partial charge in [-0.15, -0.1) is 0 Å². The molecule has 0 aromatic heterocycles. The van der Waals surface area contributed by atoms with Crippen LogP contribution in [0.1, 0.15) is 98.8 Å². The van der Waals surface area contributed by atoms with Gasteiger partial charge in [-0.25, -0.2) is 0 Å². The van der Waals surface area contributed by atoms with Crippen molar-refractivity contribution in [2.45, 2.75) is 111 Å². The van der Waals surface area contributed by atoms with Crippen molar-refractivity contribution in [2.24, 2.45) is 46.3 Å². The fourth-order valence-electron chi connectivity index (χ4n) is 8.81. The summed E-state index contributed by atoms with van der Waals surface area (Å²) in [5.41, 5.74) is 2.31. The van der Waals surface area contributed by atoms with Crippen LogP contribution in [0.2, 0.25) is 0 Å². The molecule has 4 aliphatic carbocycles. The molecule has 0 aromatic rings. The fraction of sp³-hybridized carbons (Fsp3) is 0.926. The Balaban J connectivity index is 1.54. The molecule has 9 atom stereocenters. The van der Waals surface area contributed by atoms with Gasteiger partial charge in [0.1, 0.15) is 0 Å². The van der Waals surface area contributed by atoms with Gasteiger partial charge in [-0.1, -0.05) is 39.3 Å². The number of hydrogen-bond donors (Lipinski definition) is 2. The van der Waals surface area contributed by atoms with Crippen molar-refractivity contribution >= 4 is 0 Å². The molecule has 4 saturated carbocycles. The van der Waals surface area contributed by atoms with Crippen LogP contribution in [0.5, 0.6) is 0 Å². The van der Waals surface area contributed by atoms with E-state index in [1.807, 2.05) is 0 Å². The number of allylic oxidation sites excluding steroid dienone is 2. The molecule has 0 radical (unpaired) electrons. The lowest BCUT2D eigenvalue weighted by atomic mass is 9.44. The zero-order valence-corrected chi connectivity index (χ0v) is 19.7. The Morgan fingerprint density at radius 1 is 0.931 bits per heavy atom. The van der Waals surface area contributed by atoms with E-state index in [1.165, 1.54) is 38.5 Å². The van der Waals surface area contributed by atoms with E-state index in [9.17, 15) is 10.2 Å². The summed E-state index contributed by atoms with van der Waals surface area (Å²) in [6.45, 7) is 12.1. The van der Waals surface area contributed by atoms with Crippen molar-refractivity contribution in [2.75, 3.05) is 0 Å². The van der Waals surface area contributed by atoms with Crippen LogP contribution in [-0.4, -0.2) is 22.4 Å². The average molecular weight is 403 g/mol. The molecule has 0 aliphatic heterocycles. The minimum absolute atomic E-state index is 0.192. The Bertz CT molecular complexity index is 624. The third kappa shape index (κ3) is 3.65. The van der Waals surface area contributed by atoms with Crippen molar-refractivity contribution in [1.29, 1.82) is 0 Å². The molecule has 4 aliphatic rings. The van der Waals surface area contributed by atoms with E-state index < -0.39 is 0 Å². The molecule has 4 fully saturated rings. The van der Waals surface area contributed by atoms with Crippen LogP contribution in [0.4, 0.5) is 0 Å². The molecule has 2 N–H and O–H groups in total. The first-order valence-corrected chi connectivity index (χ1v) is 12.7. The maximum atomic E-state index is 11.2. The number of aliphatic hydroxyl groups is 2. The van der Waals surface area contributed by atoms with Gasteiger partial charge in [0, 0.05) is 0 Å². The zero-order valence-electron chi connectivity index (χ0n) is 19.7. The molecule has 0 unspecified atom stereocenters. The summed E-state index contributed by atoms with van der Waals surface area (Å²) in [6, 6.07) is 0. The lowest BCUT2D eigenvalue weighted by Gasteiger charge is -2.62. The Morgan fingerprint density at radius 3 is 2.34 bits per heavy atom. The van der Waals surface area contributed by atoms with E-state index in [0.29, 0.717) is 17.3 Å². The molecule has 4 rings (SSSR count). The largest absolute Gasteiger partial charge is 0.393 e. The number of rotatable bonds is 4. The summed E-state index contributed by atoms with van der Waals surface area (Å²) < 4.78 is 0. The summed E-state index contributed by atoms with van der Waals surface area (Å²) in [4.78, 5) is 0. The van der Waals surface area contributed by atoms with E-state index in [0.717, 1.165) is 49.4 Å². The van der Waals surface area contributed by atoms with Crippen LogP contribution in [0.3, 0.4) is 0 Å². The number of hydrogen-bond acceptors (Lipinski definition) is 2. The quantitative estimate of drug-likeness (QED) is 0.537. The fourth-order valence-corrected chi connectivity index (χ4v) is 8.81. The van der Waals surface area contributed by atoms with Gasteiger partial charge in [0.25, 0.3) is 0 Å². The summed E-state index contributed by atoms with van der Waals surface area (Å²) in [5, 5.41) is 21.4. The van der Waals surface area contributed by atoms with Crippen molar-refractivity contribution in [1.82, 2.24) is 0 Å². The van der Waals surface area contributed by atoms with E-state index in [2.05, 4.69) is 40.7 Å². The molecule has 0 heterocycles. The van der Waals surface area contributed by atoms with Crippen molar-refractivity contribution < 1.29 is 10.2 Å². The Kier molecular flexibility index (Phi) is 6.01. The first kappa shape index (κ1) is 21.9. The van der Waals surface area contributed by atoms with Crippen LogP contribution in [0.25, 0.3) is 0 Å². The smallest absolute Gasteiger partial charge is 0.0577 e. The zero-order chi connectivity index (χ0) is 21.0. The van der Waals surface area contributed by atoms with Gasteiger partial charge in [-0.05, 0) is 117 Å². The standard InChI is InChI=1S/C27H46O2/c1-17(2)7-6-8-18(3)21-9-10-22-20-16-25(29)24-15-19(28)11-13-27(24,5)23(20)12-14-26(21,22)4/h8,17,19-25,28-29H,6-7,9-16H2,1-5H3/b18-8-/t19-,20-,21+,22-,23-,24+,25-,26+,27+/m0/s1. The van der Waals surface area contributed by atoms with E-state index in [4.69, 9.17) is 0 Å².